The number of cyclic esters (lactones) is 1. The van der Waals surface area contributed by atoms with E-state index in [0.717, 1.165) is 16.9 Å². The van der Waals surface area contributed by atoms with E-state index in [2.05, 4.69) is 16.0 Å². The summed E-state index contributed by atoms with van der Waals surface area (Å²) in [5, 5.41) is 18.6. The van der Waals surface area contributed by atoms with E-state index in [1.54, 1.807) is 24.3 Å². The van der Waals surface area contributed by atoms with Gasteiger partial charge in [0.2, 0.25) is 11.8 Å². The Balaban J connectivity index is 1.85. The van der Waals surface area contributed by atoms with E-state index in [-0.39, 0.29) is 24.2 Å². The Bertz CT molecular complexity index is 1090. The summed E-state index contributed by atoms with van der Waals surface area (Å²) >= 11 is 0. The molecule has 0 radical (unpaired) electrons. The Morgan fingerprint density at radius 2 is 1.67 bits per heavy atom. The van der Waals surface area contributed by atoms with Crippen LogP contribution in [-0.2, 0) is 32.0 Å². The summed E-state index contributed by atoms with van der Waals surface area (Å²) in [7, 11) is 0. The van der Waals surface area contributed by atoms with Crippen molar-refractivity contribution in [2.24, 2.45) is 5.92 Å². The van der Waals surface area contributed by atoms with Crippen molar-refractivity contribution in [1.82, 2.24) is 16.0 Å². The van der Waals surface area contributed by atoms with E-state index in [1.807, 2.05) is 45.0 Å². The molecule has 4 N–H and O–H groups in total. The number of esters is 1. The van der Waals surface area contributed by atoms with Crippen LogP contribution in [0.15, 0.2) is 48.5 Å². The third kappa shape index (κ3) is 9.28. The van der Waals surface area contributed by atoms with Gasteiger partial charge in [0.05, 0.1) is 12.6 Å². The summed E-state index contributed by atoms with van der Waals surface area (Å²) in [6, 6.07) is 12.1. The number of benzene rings is 2. The normalized spacial score (nSPS) is 21.9. The second kappa shape index (κ2) is 15.1. The van der Waals surface area contributed by atoms with Crippen molar-refractivity contribution in [3.05, 3.63) is 59.7 Å². The van der Waals surface area contributed by atoms with Crippen LogP contribution in [0.3, 0.4) is 0 Å². The zero-order chi connectivity index (χ0) is 28.2. The average molecular weight is 540 g/mol. The second-order valence-electron chi connectivity index (χ2n) is 10.2. The van der Waals surface area contributed by atoms with E-state index in [1.165, 1.54) is 0 Å². The zero-order valence-corrected chi connectivity index (χ0v) is 23.1. The zero-order valence-electron chi connectivity index (χ0n) is 23.1. The maximum atomic E-state index is 13.5. The van der Waals surface area contributed by atoms with Crippen LogP contribution >= 0.6 is 0 Å². The number of aryl methyl sites for hydroxylation is 1. The molecule has 1 aliphatic heterocycles. The summed E-state index contributed by atoms with van der Waals surface area (Å²) in [6.07, 6.45) is 2.76. The highest BCUT2D eigenvalue weighted by Gasteiger charge is 2.31. The van der Waals surface area contributed by atoms with Gasteiger partial charge in [0.25, 0.3) is 0 Å². The Morgan fingerprint density at radius 3 is 2.38 bits per heavy atom. The Hall–Kier alpha value is -3.59. The van der Waals surface area contributed by atoms with Crippen LogP contribution in [-0.4, -0.2) is 60.8 Å². The summed E-state index contributed by atoms with van der Waals surface area (Å²) < 4.78 is 11.5. The molecule has 9 heteroatoms. The van der Waals surface area contributed by atoms with Crippen LogP contribution in [0, 0.1) is 5.92 Å². The monoisotopic (exact) mass is 539 g/mol. The first kappa shape index (κ1) is 30.0. The molecule has 2 aromatic rings. The predicted molar refractivity (Wildman–Crippen MR) is 148 cm³/mol. The highest BCUT2D eigenvalue weighted by molar-refractivity contribution is 5.92. The minimum absolute atomic E-state index is 0.143. The number of hydrogen-bond acceptors (Lipinski definition) is 7. The number of nitrogens with one attached hydrogen (secondary N) is 3. The minimum atomic E-state index is -0.837. The lowest BCUT2D eigenvalue weighted by atomic mass is 10.00. The lowest BCUT2D eigenvalue weighted by Gasteiger charge is -2.27. The summed E-state index contributed by atoms with van der Waals surface area (Å²) in [5.74, 6) is -0.556. The minimum Gasteiger partial charge on any atom is -0.508 e. The lowest BCUT2D eigenvalue weighted by Crippen LogP contribution is -2.57. The Kier molecular flexibility index (Phi) is 11.6. The molecule has 0 saturated heterocycles. The van der Waals surface area contributed by atoms with Gasteiger partial charge in [0, 0.05) is 6.54 Å². The number of amides is 2. The molecule has 3 atom stereocenters. The van der Waals surface area contributed by atoms with Crippen LogP contribution in [0.4, 0.5) is 0 Å². The van der Waals surface area contributed by atoms with Crippen molar-refractivity contribution in [2.75, 3.05) is 19.8 Å². The Labute approximate surface area is 230 Å². The molecule has 0 aromatic heterocycles. The van der Waals surface area contributed by atoms with Crippen molar-refractivity contribution < 1.29 is 29.0 Å². The number of aromatic hydroxyl groups is 1. The molecule has 0 spiro atoms. The number of carbonyl (C=O) groups is 3. The van der Waals surface area contributed by atoms with Crippen molar-refractivity contribution in [3.8, 4) is 11.5 Å². The topological polar surface area (TPSA) is 126 Å². The van der Waals surface area contributed by atoms with Crippen LogP contribution in [0.5, 0.6) is 11.5 Å². The van der Waals surface area contributed by atoms with Gasteiger partial charge in [-0.3, -0.25) is 9.59 Å². The quantitative estimate of drug-likeness (QED) is 0.431. The summed E-state index contributed by atoms with van der Waals surface area (Å²) in [4.78, 5) is 39.6. The second-order valence-corrected chi connectivity index (χ2v) is 10.2. The molecule has 3 rings (SSSR count). The van der Waals surface area contributed by atoms with Crippen molar-refractivity contribution in [2.45, 2.75) is 71.0 Å². The molecule has 0 fully saturated rings. The smallest absolute Gasteiger partial charge is 0.328 e. The van der Waals surface area contributed by atoms with Gasteiger partial charge < -0.3 is 30.5 Å². The molecule has 2 aromatic carbocycles. The third-order valence-corrected chi connectivity index (χ3v) is 6.68. The average Bonchev–Trinajstić information content (AvgIpc) is 2.91. The molecule has 39 heavy (non-hydrogen) atoms. The van der Waals surface area contributed by atoms with E-state index >= 15 is 0 Å². The molecule has 9 nitrogen and oxygen atoms in total. The van der Waals surface area contributed by atoms with Crippen molar-refractivity contribution >= 4 is 17.8 Å². The number of phenols is 1. The van der Waals surface area contributed by atoms with Gasteiger partial charge >= 0.3 is 5.97 Å². The SMILES string of the molecule is CCC[C@@H]1NC(=O)[C@@H](C(C)C)NC(=O)[C@@H](Cc2ccc(O)cc2)NCCOc2ccccc2CCCOC1=O. The molecule has 0 saturated carbocycles. The maximum Gasteiger partial charge on any atom is 0.328 e. The van der Waals surface area contributed by atoms with Gasteiger partial charge in [-0.2, -0.15) is 0 Å². The van der Waals surface area contributed by atoms with Crippen LogP contribution in [0.1, 0.15) is 51.2 Å². The number of phenolic OH excluding ortho intramolecular Hbond substituents is 1. The van der Waals surface area contributed by atoms with Gasteiger partial charge in [-0.05, 0) is 60.9 Å². The van der Waals surface area contributed by atoms with Crippen molar-refractivity contribution in [1.29, 1.82) is 0 Å². The first-order chi connectivity index (χ1) is 18.8. The van der Waals surface area contributed by atoms with Gasteiger partial charge in [-0.1, -0.05) is 57.5 Å². The molecular weight excluding hydrogens is 498 g/mol. The highest BCUT2D eigenvalue weighted by Crippen LogP contribution is 2.20. The first-order valence-corrected chi connectivity index (χ1v) is 13.8. The number of carbonyl (C=O) groups excluding carboxylic acids is 3. The fraction of sp³-hybridized carbons (Fsp3) is 0.500. The summed E-state index contributed by atoms with van der Waals surface area (Å²) in [6.45, 7) is 6.59. The van der Waals surface area contributed by atoms with E-state index in [9.17, 15) is 19.5 Å². The fourth-order valence-corrected chi connectivity index (χ4v) is 4.49. The van der Waals surface area contributed by atoms with Gasteiger partial charge in [-0.25, -0.2) is 4.79 Å². The molecule has 1 heterocycles. The molecule has 1 aliphatic rings. The molecule has 0 bridgehead atoms. The maximum absolute atomic E-state index is 13.5. The van der Waals surface area contributed by atoms with E-state index < -0.39 is 30.0 Å². The third-order valence-electron chi connectivity index (χ3n) is 6.68. The largest absolute Gasteiger partial charge is 0.508 e. The number of rotatable bonds is 5. The molecule has 2 amide bonds. The number of ether oxygens (including phenoxy) is 2. The lowest BCUT2D eigenvalue weighted by molar-refractivity contribution is -0.148. The molecular formula is C30H41N3O6. The van der Waals surface area contributed by atoms with Crippen LogP contribution < -0.4 is 20.7 Å². The van der Waals surface area contributed by atoms with E-state index in [0.29, 0.717) is 45.3 Å². The number of fused-ring (bicyclic) bond motifs is 1. The van der Waals surface area contributed by atoms with E-state index in [4.69, 9.17) is 9.47 Å². The standard InChI is InChI=1S/C30H41N3O6/c1-4-8-24-30(37)39-17-7-10-22-9-5-6-11-26(22)38-18-16-31-25(19-21-12-14-23(34)15-13-21)28(35)33-27(20(2)3)29(36)32-24/h5-6,9,11-15,20,24-25,27,31,34H,4,7-8,10,16-19H2,1-3H3,(H,32,36)(H,33,35)/t24-,25+,27+/m0/s1. The van der Waals surface area contributed by atoms with Gasteiger partial charge in [-0.15, -0.1) is 0 Å². The van der Waals surface area contributed by atoms with Crippen LogP contribution in [0.25, 0.3) is 0 Å². The molecule has 212 valence electrons. The fourth-order valence-electron chi connectivity index (χ4n) is 4.49. The Morgan fingerprint density at radius 1 is 0.923 bits per heavy atom. The molecule has 0 unspecified atom stereocenters. The predicted octanol–water partition coefficient (Wildman–Crippen LogP) is 2.89. The van der Waals surface area contributed by atoms with Gasteiger partial charge in [0.15, 0.2) is 0 Å². The van der Waals surface area contributed by atoms with Crippen molar-refractivity contribution in [3.63, 3.8) is 0 Å². The highest BCUT2D eigenvalue weighted by atomic mass is 16.5. The molecule has 0 aliphatic carbocycles. The van der Waals surface area contributed by atoms with Gasteiger partial charge in [0.1, 0.15) is 30.2 Å². The van der Waals surface area contributed by atoms with Crippen LogP contribution in [0.2, 0.25) is 0 Å². The number of hydrogen-bond donors (Lipinski definition) is 4. The summed E-state index contributed by atoms with van der Waals surface area (Å²) in [5.41, 5.74) is 1.86. The first-order valence-electron chi connectivity index (χ1n) is 13.8. The number of para-hydroxylation sites is 1.